The van der Waals surface area contributed by atoms with Crippen molar-refractivity contribution >= 4 is 5.91 Å². The Bertz CT molecular complexity index is 936. The van der Waals surface area contributed by atoms with Crippen LogP contribution >= 0.6 is 0 Å². The van der Waals surface area contributed by atoms with Gasteiger partial charge >= 0.3 is 0 Å². The number of nitrogens with zero attached hydrogens (tertiary/aromatic N) is 5. The average molecular weight is 379 g/mol. The van der Waals surface area contributed by atoms with E-state index in [1.54, 1.807) is 12.3 Å². The molecule has 146 valence electrons. The summed E-state index contributed by atoms with van der Waals surface area (Å²) in [6.07, 6.45) is 6.58. The van der Waals surface area contributed by atoms with Gasteiger partial charge in [0.25, 0.3) is 11.5 Å². The predicted octanol–water partition coefficient (Wildman–Crippen LogP) is 1.49. The van der Waals surface area contributed by atoms with Crippen molar-refractivity contribution in [3.63, 3.8) is 0 Å². The molecule has 5 heterocycles. The molecule has 3 aliphatic heterocycles. The van der Waals surface area contributed by atoms with E-state index in [1.165, 1.54) is 19.0 Å². The molecule has 2 atom stereocenters. The van der Waals surface area contributed by atoms with E-state index in [9.17, 15) is 9.59 Å². The molecule has 1 amide bonds. The number of carbonyl (C=O) groups is 1. The Balaban J connectivity index is 1.39. The molecule has 28 heavy (non-hydrogen) atoms. The van der Waals surface area contributed by atoms with E-state index in [0.717, 1.165) is 37.3 Å². The Hall–Kier alpha value is -2.54. The van der Waals surface area contributed by atoms with Gasteiger partial charge in [0.05, 0.1) is 18.0 Å². The highest BCUT2D eigenvalue weighted by Crippen LogP contribution is 2.35. The van der Waals surface area contributed by atoms with Crippen molar-refractivity contribution in [3.05, 3.63) is 57.8 Å². The van der Waals surface area contributed by atoms with Gasteiger partial charge < -0.3 is 9.47 Å². The summed E-state index contributed by atoms with van der Waals surface area (Å²) in [5.74, 6) is 0.551. The third-order valence-electron chi connectivity index (χ3n) is 6.39. The van der Waals surface area contributed by atoms with Gasteiger partial charge in [-0.05, 0) is 50.4 Å². The fourth-order valence-electron chi connectivity index (χ4n) is 5.06. The number of hydrogen-bond acceptors (Lipinski definition) is 5. The van der Waals surface area contributed by atoms with E-state index in [-0.39, 0.29) is 17.4 Å². The molecular formula is C21H25N5O2. The third kappa shape index (κ3) is 3.13. The van der Waals surface area contributed by atoms with Crippen LogP contribution in [0.5, 0.6) is 0 Å². The van der Waals surface area contributed by atoms with Crippen LogP contribution in [-0.2, 0) is 13.1 Å². The van der Waals surface area contributed by atoms with E-state index < -0.39 is 0 Å². The molecule has 2 aromatic heterocycles. The SMILES string of the molecule is O=C(c1ccnnc1)N1C[C@@H]2C[C@H](C1)c1ccc(CN3CCCC3)c(=O)n1C2. The van der Waals surface area contributed by atoms with Crippen molar-refractivity contribution in [1.29, 1.82) is 0 Å². The number of piperidine rings is 1. The smallest absolute Gasteiger partial charge is 0.255 e. The molecule has 2 aromatic rings. The summed E-state index contributed by atoms with van der Waals surface area (Å²) in [7, 11) is 0. The van der Waals surface area contributed by atoms with Crippen LogP contribution in [0.3, 0.4) is 0 Å². The monoisotopic (exact) mass is 379 g/mol. The molecule has 2 fully saturated rings. The molecule has 0 spiro atoms. The highest BCUT2D eigenvalue weighted by atomic mass is 16.2. The molecule has 0 N–H and O–H groups in total. The average Bonchev–Trinajstić information content (AvgIpc) is 3.23. The Morgan fingerprint density at radius 1 is 1.07 bits per heavy atom. The van der Waals surface area contributed by atoms with Crippen molar-refractivity contribution in [2.75, 3.05) is 26.2 Å². The van der Waals surface area contributed by atoms with Gasteiger partial charge in [-0.2, -0.15) is 10.2 Å². The number of likely N-dealkylation sites (tertiary alicyclic amines) is 2. The fraction of sp³-hybridized carbons (Fsp3) is 0.524. The molecule has 7 heteroatoms. The molecule has 0 unspecified atom stereocenters. The molecule has 2 saturated heterocycles. The first-order valence-electron chi connectivity index (χ1n) is 10.2. The van der Waals surface area contributed by atoms with Crippen molar-refractivity contribution in [2.45, 2.75) is 38.3 Å². The molecule has 3 aliphatic rings. The largest absolute Gasteiger partial charge is 0.338 e. The molecule has 0 aliphatic carbocycles. The second-order valence-corrected chi connectivity index (χ2v) is 8.32. The van der Waals surface area contributed by atoms with Crippen LogP contribution in [0.4, 0.5) is 0 Å². The van der Waals surface area contributed by atoms with Gasteiger partial charge in [0.2, 0.25) is 0 Å². The summed E-state index contributed by atoms with van der Waals surface area (Å²) in [4.78, 5) is 30.2. The summed E-state index contributed by atoms with van der Waals surface area (Å²) < 4.78 is 1.99. The maximum Gasteiger partial charge on any atom is 0.255 e. The predicted molar refractivity (Wildman–Crippen MR) is 104 cm³/mol. The minimum atomic E-state index is 0.00560. The lowest BCUT2D eigenvalue weighted by atomic mass is 9.82. The number of pyridine rings is 1. The molecule has 2 bridgehead atoms. The maximum atomic E-state index is 13.1. The molecule has 0 aromatic carbocycles. The van der Waals surface area contributed by atoms with Crippen LogP contribution in [-0.4, -0.2) is 56.7 Å². The van der Waals surface area contributed by atoms with Crippen LogP contribution in [0.1, 0.15) is 46.8 Å². The highest BCUT2D eigenvalue weighted by molar-refractivity contribution is 5.93. The van der Waals surface area contributed by atoms with Crippen molar-refractivity contribution < 1.29 is 4.79 Å². The van der Waals surface area contributed by atoms with Crippen LogP contribution in [0, 0.1) is 5.92 Å². The Morgan fingerprint density at radius 2 is 1.93 bits per heavy atom. The zero-order valence-electron chi connectivity index (χ0n) is 16.0. The lowest BCUT2D eigenvalue weighted by molar-refractivity contribution is 0.0593. The number of amides is 1. The highest BCUT2D eigenvalue weighted by Gasteiger charge is 2.37. The number of aromatic nitrogens is 3. The lowest BCUT2D eigenvalue weighted by Crippen LogP contribution is -2.49. The van der Waals surface area contributed by atoms with Crippen molar-refractivity contribution in [2.24, 2.45) is 5.92 Å². The molecule has 0 saturated carbocycles. The first-order chi connectivity index (χ1) is 13.7. The van der Waals surface area contributed by atoms with Crippen molar-refractivity contribution in [1.82, 2.24) is 24.6 Å². The van der Waals surface area contributed by atoms with Crippen LogP contribution in [0.25, 0.3) is 0 Å². The number of carbonyl (C=O) groups excluding carboxylic acids is 1. The van der Waals surface area contributed by atoms with E-state index >= 15 is 0 Å². The van der Waals surface area contributed by atoms with Gasteiger partial charge in [-0.15, -0.1) is 0 Å². The fourth-order valence-corrected chi connectivity index (χ4v) is 5.06. The first kappa shape index (κ1) is 17.6. The summed E-state index contributed by atoms with van der Waals surface area (Å²) in [5.41, 5.74) is 2.73. The summed E-state index contributed by atoms with van der Waals surface area (Å²) >= 11 is 0. The second kappa shape index (κ2) is 7.13. The quantitative estimate of drug-likeness (QED) is 0.808. The molecule has 0 radical (unpaired) electrons. The van der Waals surface area contributed by atoms with Crippen LogP contribution in [0.2, 0.25) is 0 Å². The zero-order chi connectivity index (χ0) is 19.1. The second-order valence-electron chi connectivity index (χ2n) is 8.32. The number of hydrogen-bond donors (Lipinski definition) is 0. The minimum Gasteiger partial charge on any atom is -0.338 e. The molecular weight excluding hydrogens is 354 g/mol. The van der Waals surface area contributed by atoms with Gasteiger partial charge in [0, 0.05) is 43.4 Å². The van der Waals surface area contributed by atoms with Gasteiger partial charge in [-0.1, -0.05) is 6.07 Å². The summed E-state index contributed by atoms with van der Waals surface area (Å²) in [6, 6.07) is 5.85. The Morgan fingerprint density at radius 3 is 2.71 bits per heavy atom. The van der Waals surface area contributed by atoms with E-state index in [0.29, 0.717) is 31.1 Å². The zero-order valence-corrected chi connectivity index (χ0v) is 16.0. The Labute approximate surface area is 164 Å². The third-order valence-corrected chi connectivity index (χ3v) is 6.39. The van der Waals surface area contributed by atoms with E-state index in [1.807, 2.05) is 15.5 Å². The summed E-state index contributed by atoms with van der Waals surface area (Å²) in [6.45, 7) is 4.99. The lowest BCUT2D eigenvalue weighted by Gasteiger charge is -2.43. The van der Waals surface area contributed by atoms with Gasteiger partial charge in [-0.25, -0.2) is 0 Å². The van der Waals surface area contributed by atoms with E-state index in [2.05, 4.69) is 21.2 Å². The van der Waals surface area contributed by atoms with Crippen LogP contribution in [0.15, 0.2) is 35.4 Å². The number of rotatable bonds is 3. The molecule has 5 rings (SSSR count). The van der Waals surface area contributed by atoms with Gasteiger partial charge in [-0.3, -0.25) is 14.5 Å². The summed E-state index contributed by atoms with van der Waals surface area (Å²) in [5, 5.41) is 7.58. The molecule has 7 nitrogen and oxygen atoms in total. The normalized spacial score (nSPS) is 24.2. The minimum absolute atomic E-state index is 0.00560. The van der Waals surface area contributed by atoms with Crippen molar-refractivity contribution in [3.8, 4) is 0 Å². The van der Waals surface area contributed by atoms with Gasteiger partial charge in [0.1, 0.15) is 0 Å². The standard InChI is InChI=1S/C21H25N5O2/c27-20(16-5-6-22-23-10-16)25-11-15-9-18(14-25)19-4-3-17(21(28)26(19)12-15)13-24-7-1-2-8-24/h3-6,10,15,18H,1-2,7-9,11-14H2/t15-,18+/m0/s1. The first-order valence-corrected chi connectivity index (χ1v) is 10.2. The van der Waals surface area contributed by atoms with Gasteiger partial charge in [0.15, 0.2) is 0 Å². The van der Waals surface area contributed by atoms with E-state index in [4.69, 9.17) is 0 Å². The number of fused-ring (bicyclic) bond motifs is 4. The Kier molecular flexibility index (Phi) is 4.47. The van der Waals surface area contributed by atoms with Crippen LogP contribution < -0.4 is 5.56 Å². The maximum absolute atomic E-state index is 13.1. The topological polar surface area (TPSA) is 71.3 Å².